The SMILES string of the molecule is COc1ccc(NC(=O)/C=C/c2ccc(OC(F)F)cc2)cc1Cl. The number of nitrogens with one attached hydrogen (secondary N) is 1. The maximum Gasteiger partial charge on any atom is 0.387 e. The van der Waals surface area contributed by atoms with Crippen LogP contribution in [0.3, 0.4) is 0 Å². The van der Waals surface area contributed by atoms with Crippen LogP contribution in [0.1, 0.15) is 5.56 Å². The van der Waals surface area contributed by atoms with E-state index in [2.05, 4.69) is 10.1 Å². The molecule has 1 amide bonds. The van der Waals surface area contributed by atoms with Crippen molar-refractivity contribution in [3.63, 3.8) is 0 Å². The molecule has 0 saturated carbocycles. The Kier molecular flexibility index (Phi) is 6.14. The molecule has 2 aromatic carbocycles. The van der Waals surface area contributed by atoms with Gasteiger partial charge in [-0.3, -0.25) is 4.79 Å². The Bertz CT molecular complexity index is 733. The van der Waals surface area contributed by atoms with E-state index in [1.165, 1.54) is 25.3 Å². The van der Waals surface area contributed by atoms with Crippen LogP contribution >= 0.6 is 11.6 Å². The molecule has 0 atom stereocenters. The molecule has 0 aromatic heterocycles. The monoisotopic (exact) mass is 353 g/mol. The first-order valence-corrected chi connectivity index (χ1v) is 7.23. The van der Waals surface area contributed by atoms with Crippen LogP contribution in [-0.2, 0) is 4.79 Å². The highest BCUT2D eigenvalue weighted by atomic mass is 35.5. The van der Waals surface area contributed by atoms with Crippen LogP contribution in [0.4, 0.5) is 14.5 Å². The first-order valence-electron chi connectivity index (χ1n) is 6.85. The lowest BCUT2D eigenvalue weighted by Crippen LogP contribution is -2.07. The molecule has 0 aliphatic carbocycles. The van der Waals surface area contributed by atoms with E-state index >= 15 is 0 Å². The zero-order chi connectivity index (χ0) is 17.5. The molecule has 0 aliphatic heterocycles. The minimum atomic E-state index is -2.87. The molecular weight excluding hydrogens is 340 g/mol. The quantitative estimate of drug-likeness (QED) is 0.772. The smallest absolute Gasteiger partial charge is 0.387 e. The molecule has 2 aromatic rings. The van der Waals surface area contributed by atoms with Crippen molar-refractivity contribution in [1.82, 2.24) is 0 Å². The fourth-order valence-electron chi connectivity index (χ4n) is 1.86. The van der Waals surface area contributed by atoms with Gasteiger partial charge in [-0.2, -0.15) is 8.78 Å². The summed E-state index contributed by atoms with van der Waals surface area (Å²) in [5, 5.41) is 3.04. The van der Waals surface area contributed by atoms with Gasteiger partial charge in [-0.15, -0.1) is 0 Å². The highest BCUT2D eigenvalue weighted by Gasteiger charge is 2.05. The van der Waals surface area contributed by atoms with Crippen molar-refractivity contribution in [2.75, 3.05) is 12.4 Å². The number of amides is 1. The number of benzene rings is 2. The van der Waals surface area contributed by atoms with Gasteiger partial charge in [-0.25, -0.2) is 0 Å². The molecule has 0 bridgehead atoms. The Morgan fingerprint density at radius 1 is 1.21 bits per heavy atom. The predicted octanol–water partition coefficient (Wildman–Crippen LogP) is 4.60. The van der Waals surface area contributed by atoms with Gasteiger partial charge in [0.15, 0.2) is 0 Å². The Hall–Kier alpha value is -2.60. The van der Waals surface area contributed by atoms with Crippen LogP contribution in [-0.4, -0.2) is 19.6 Å². The van der Waals surface area contributed by atoms with Gasteiger partial charge in [-0.1, -0.05) is 23.7 Å². The third-order valence-corrected chi connectivity index (χ3v) is 3.25. The van der Waals surface area contributed by atoms with E-state index in [4.69, 9.17) is 16.3 Å². The first-order chi connectivity index (χ1) is 11.5. The Labute approximate surface area is 142 Å². The average molecular weight is 354 g/mol. The first kappa shape index (κ1) is 17.7. The molecular formula is C17H14ClF2NO3. The number of rotatable bonds is 6. The fourth-order valence-corrected chi connectivity index (χ4v) is 2.12. The number of carbonyl (C=O) groups excluding carboxylic acids is 1. The van der Waals surface area contributed by atoms with Crippen molar-refractivity contribution in [2.45, 2.75) is 6.61 Å². The normalized spacial score (nSPS) is 10.9. The molecule has 126 valence electrons. The molecule has 0 saturated heterocycles. The van der Waals surface area contributed by atoms with Gasteiger partial charge >= 0.3 is 6.61 Å². The van der Waals surface area contributed by atoms with Crippen LogP contribution in [0.15, 0.2) is 48.5 Å². The van der Waals surface area contributed by atoms with E-state index < -0.39 is 6.61 Å². The van der Waals surface area contributed by atoms with Crippen molar-refractivity contribution in [1.29, 1.82) is 0 Å². The minimum absolute atomic E-state index is 0.0551. The van der Waals surface area contributed by atoms with Gasteiger partial charge in [0.1, 0.15) is 11.5 Å². The standard InChI is InChI=1S/C17H14ClF2NO3/c1-23-15-8-5-12(10-14(15)18)21-16(22)9-4-11-2-6-13(7-3-11)24-17(19)20/h2-10,17H,1H3,(H,21,22)/b9-4+. The number of ether oxygens (including phenoxy) is 2. The van der Waals surface area contributed by atoms with E-state index in [1.54, 1.807) is 36.4 Å². The minimum Gasteiger partial charge on any atom is -0.495 e. The predicted molar refractivity (Wildman–Crippen MR) is 88.7 cm³/mol. The summed E-state index contributed by atoms with van der Waals surface area (Å²) < 4.78 is 33.4. The van der Waals surface area contributed by atoms with E-state index in [1.807, 2.05) is 0 Å². The molecule has 0 aliphatic rings. The number of carbonyl (C=O) groups is 1. The lowest BCUT2D eigenvalue weighted by Gasteiger charge is -2.06. The summed E-state index contributed by atoms with van der Waals surface area (Å²) in [6.45, 7) is -2.87. The summed E-state index contributed by atoms with van der Waals surface area (Å²) in [4.78, 5) is 11.9. The van der Waals surface area contributed by atoms with Crippen molar-refractivity contribution >= 4 is 29.3 Å². The second-order valence-electron chi connectivity index (χ2n) is 4.62. The summed E-state index contributed by atoms with van der Waals surface area (Å²) in [5.74, 6) is 0.208. The lowest BCUT2D eigenvalue weighted by atomic mass is 10.2. The van der Waals surface area contributed by atoms with Crippen LogP contribution < -0.4 is 14.8 Å². The van der Waals surface area contributed by atoms with Gasteiger partial charge < -0.3 is 14.8 Å². The van der Waals surface area contributed by atoms with E-state index in [0.717, 1.165) is 0 Å². The fraction of sp³-hybridized carbons (Fsp3) is 0.118. The van der Waals surface area contributed by atoms with Gasteiger partial charge in [-0.05, 0) is 42.0 Å². The van der Waals surface area contributed by atoms with E-state index in [9.17, 15) is 13.6 Å². The third kappa shape index (κ3) is 5.24. The Morgan fingerprint density at radius 2 is 1.92 bits per heavy atom. The zero-order valence-corrected chi connectivity index (χ0v) is 13.4. The van der Waals surface area contributed by atoms with Crippen molar-refractivity contribution < 1.29 is 23.0 Å². The Morgan fingerprint density at radius 3 is 2.50 bits per heavy atom. The number of hydrogen-bond acceptors (Lipinski definition) is 3. The zero-order valence-electron chi connectivity index (χ0n) is 12.6. The lowest BCUT2D eigenvalue weighted by molar-refractivity contribution is -0.111. The van der Waals surface area contributed by atoms with Crippen LogP contribution in [0.5, 0.6) is 11.5 Å². The molecule has 0 spiro atoms. The van der Waals surface area contributed by atoms with Crippen molar-refractivity contribution in [2.24, 2.45) is 0 Å². The van der Waals surface area contributed by atoms with Crippen molar-refractivity contribution in [3.8, 4) is 11.5 Å². The molecule has 0 unspecified atom stereocenters. The molecule has 4 nitrogen and oxygen atoms in total. The number of alkyl halides is 2. The van der Waals surface area contributed by atoms with Gasteiger partial charge in [0.25, 0.3) is 0 Å². The molecule has 7 heteroatoms. The number of methoxy groups -OCH3 is 1. The van der Waals surface area contributed by atoms with E-state index in [-0.39, 0.29) is 11.7 Å². The number of anilines is 1. The molecule has 2 rings (SSSR count). The van der Waals surface area contributed by atoms with Gasteiger partial charge in [0.05, 0.1) is 12.1 Å². The van der Waals surface area contributed by atoms with Crippen LogP contribution in [0, 0.1) is 0 Å². The highest BCUT2D eigenvalue weighted by Crippen LogP contribution is 2.27. The third-order valence-electron chi connectivity index (χ3n) is 2.95. The largest absolute Gasteiger partial charge is 0.495 e. The summed E-state index contributed by atoms with van der Waals surface area (Å²) in [6.07, 6.45) is 2.87. The molecule has 0 radical (unpaired) electrons. The Balaban J connectivity index is 1.96. The maximum atomic E-state index is 12.1. The summed E-state index contributed by atoms with van der Waals surface area (Å²) in [5.41, 5.74) is 1.19. The maximum absolute atomic E-state index is 12.1. The van der Waals surface area contributed by atoms with E-state index in [0.29, 0.717) is 22.0 Å². The van der Waals surface area contributed by atoms with Crippen LogP contribution in [0.2, 0.25) is 5.02 Å². The molecule has 24 heavy (non-hydrogen) atoms. The number of hydrogen-bond donors (Lipinski definition) is 1. The summed E-state index contributed by atoms with van der Waals surface area (Å²) in [7, 11) is 1.50. The molecule has 1 N–H and O–H groups in total. The average Bonchev–Trinajstić information content (AvgIpc) is 2.54. The van der Waals surface area contributed by atoms with Gasteiger partial charge in [0.2, 0.25) is 5.91 Å². The summed E-state index contributed by atoms with van der Waals surface area (Å²) in [6, 6.07) is 10.8. The van der Waals surface area contributed by atoms with Crippen LogP contribution in [0.25, 0.3) is 6.08 Å². The molecule has 0 heterocycles. The number of halogens is 3. The van der Waals surface area contributed by atoms with Gasteiger partial charge in [0, 0.05) is 11.8 Å². The van der Waals surface area contributed by atoms with Crippen molar-refractivity contribution in [3.05, 3.63) is 59.1 Å². The summed E-state index contributed by atoms with van der Waals surface area (Å²) >= 11 is 5.98. The second kappa shape index (κ2) is 8.31. The second-order valence-corrected chi connectivity index (χ2v) is 5.03. The molecule has 0 fully saturated rings. The highest BCUT2D eigenvalue weighted by molar-refractivity contribution is 6.32. The topological polar surface area (TPSA) is 47.6 Å².